The smallest absolute Gasteiger partial charge is 0.184 e. The van der Waals surface area contributed by atoms with Crippen molar-refractivity contribution in [3.8, 4) is 0 Å². The predicted octanol–water partition coefficient (Wildman–Crippen LogP) is 2.08. The normalized spacial score (nSPS) is 11.4. The Balaban J connectivity index is 2.13. The summed E-state index contributed by atoms with van der Waals surface area (Å²) in [5, 5.41) is 0. The molecule has 8 nitrogen and oxygen atoms in total. The van der Waals surface area contributed by atoms with Crippen molar-refractivity contribution in [3.63, 3.8) is 0 Å². The first-order valence-corrected chi connectivity index (χ1v) is 9.95. The molecular weight excluding hydrogens is 380 g/mol. The molecular formula is C21H36O8. The van der Waals surface area contributed by atoms with Crippen LogP contribution in [0.4, 0.5) is 0 Å². The fraction of sp³-hybridized carbons (Fsp3) is 0.714. The highest BCUT2D eigenvalue weighted by molar-refractivity contribution is 5.15. The Hall–Kier alpha value is -1.10. The maximum Gasteiger partial charge on any atom is 0.184 e. The van der Waals surface area contributed by atoms with Gasteiger partial charge in [-0.15, -0.1) is 0 Å². The summed E-state index contributed by atoms with van der Waals surface area (Å²) in [5.41, 5.74) is 0.957. The quantitative estimate of drug-likeness (QED) is 0.223. The van der Waals surface area contributed by atoms with Crippen molar-refractivity contribution in [3.05, 3.63) is 35.9 Å². The van der Waals surface area contributed by atoms with Crippen LogP contribution in [0.3, 0.4) is 0 Å². The number of benzene rings is 1. The van der Waals surface area contributed by atoms with E-state index in [1.54, 1.807) is 14.2 Å². The molecule has 0 N–H and O–H groups in total. The van der Waals surface area contributed by atoms with Gasteiger partial charge in [-0.2, -0.15) is 0 Å². The fourth-order valence-corrected chi connectivity index (χ4v) is 2.21. The molecule has 0 saturated carbocycles. The van der Waals surface area contributed by atoms with Crippen molar-refractivity contribution < 1.29 is 37.9 Å². The third kappa shape index (κ3) is 15.4. The van der Waals surface area contributed by atoms with Crippen LogP contribution in [0.25, 0.3) is 0 Å². The number of methoxy groups -OCH3 is 2. The fourth-order valence-electron chi connectivity index (χ4n) is 2.21. The van der Waals surface area contributed by atoms with E-state index in [9.17, 15) is 0 Å². The summed E-state index contributed by atoms with van der Waals surface area (Å²) in [6, 6.07) is 9.81. The van der Waals surface area contributed by atoms with Gasteiger partial charge in [-0.25, -0.2) is 0 Å². The van der Waals surface area contributed by atoms with Crippen molar-refractivity contribution in [1.82, 2.24) is 0 Å². The van der Waals surface area contributed by atoms with E-state index in [1.807, 2.05) is 30.3 Å². The van der Waals surface area contributed by atoms with Crippen molar-refractivity contribution in [1.29, 1.82) is 0 Å². The molecule has 1 aromatic rings. The van der Waals surface area contributed by atoms with E-state index < -0.39 is 6.29 Å². The second kappa shape index (κ2) is 20.2. The van der Waals surface area contributed by atoms with Crippen LogP contribution >= 0.6 is 0 Å². The van der Waals surface area contributed by atoms with Crippen LogP contribution in [0.5, 0.6) is 0 Å². The van der Waals surface area contributed by atoms with Crippen LogP contribution in [-0.4, -0.2) is 93.5 Å². The number of hydrogen-bond donors (Lipinski definition) is 0. The van der Waals surface area contributed by atoms with E-state index in [2.05, 4.69) is 0 Å². The van der Waals surface area contributed by atoms with Gasteiger partial charge in [0.2, 0.25) is 0 Å². The molecule has 1 aromatic carbocycles. The van der Waals surface area contributed by atoms with Gasteiger partial charge in [0.1, 0.15) is 0 Å². The van der Waals surface area contributed by atoms with Crippen molar-refractivity contribution in [2.75, 3.05) is 93.5 Å². The van der Waals surface area contributed by atoms with E-state index in [1.165, 1.54) is 0 Å². The summed E-state index contributed by atoms with van der Waals surface area (Å²) in [6.07, 6.45) is -0.459. The van der Waals surface area contributed by atoms with Crippen LogP contribution in [-0.2, 0) is 37.9 Å². The highest BCUT2D eigenvalue weighted by atomic mass is 16.7. The van der Waals surface area contributed by atoms with Crippen molar-refractivity contribution >= 4 is 0 Å². The topological polar surface area (TPSA) is 73.8 Å². The zero-order valence-corrected chi connectivity index (χ0v) is 17.7. The molecule has 0 amide bonds. The average Bonchev–Trinajstić information content (AvgIpc) is 2.76. The molecule has 1 rings (SSSR count). The summed E-state index contributed by atoms with van der Waals surface area (Å²) >= 11 is 0. The molecule has 0 fully saturated rings. The Morgan fingerprint density at radius 2 is 0.897 bits per heavy atom. The molecule has 0 aliphatic heterocycles. The average molecular weight is 417 g/mol. The lowest BCUT2D eigenvalue weighted by molar-refractivity contribution is -0.163. The molecule has 0 unspecified atom stereocenters. The summed E-state index contributed by atoms with van der Waals surface area (Å²) in [4.78, 5) is 0. The largest absolute Gasteiger partial charge is 0.382 e. The van der Waals surface area contributed by atoms with Gasteiger partial charge in [0, 0.05) is 19.8 Å². The first kappa shape index (κ1) is 25.9. The minimum atomic E-state index is -0.459. The van der Waals surface area contributed by atoms with Gasteiger partial charge < -0.3 is 37.9 Å². The Morgan fingerprint density at radius 1 is 0.517 bits per heavy atom. The maximum atomic E-state index is 5.84. The molecule has 0 bridgehead atoms. The summed E-state index contributed by atoms with van der Waals surface area (Å²) in [5.74, 6) is 0. The summed E-state index contributed by atoms with van der Waals surface area (Å²) in [6.45, 7) is 6.21. The second-order valence-corrected chi connectivity index (χ2v) is 5.92. The number of hydrogen-bond acceptors (Lipinski definition) is 8. The Morgan fingerprint density at radius 3 is 1.31 bits per heavy atom. The van der Waals surface area contributed by atoms with Gasteiger partial charge >= 0.3 is 0 Å². The maximum absolute atomic E-state index is 5.84. The second-order valence-electron chi connectivity index (χ2n) is 5.92. The first-order valence-electron chi connectivity index (χ1n) is 9.95. The SMILES string of the molecule is COCCOCCOCCOC(OCCOCCOCCOC)c1ccccc1. The Kier molecular flexibility index (Phi) is 18.1. The van der Waals surface area contributed by atoms with Gasteiger partial charge in [0.15, 0.2) is 6.29 Å². The zero-order valence-electron chi connectivity index (χ0n) is 17.7. The van der Waals surface area contributed by atoms with Gasteiger partial charge in [-0.1, -0.05) is 30.3 Å². The summed E-state index contributed by atoms with van der Waals surface area (Å²) < 4.78 is 43.2. The highest BCUT2D eigenvalue weighted by Gasteiger charge is 2.12. The minimum absolute atomic E-state index is 0.422. The van der Waals surface area contributed by atoms with Crippen LogP contribution < -0.4 is 0 Å². The molecule has 0 heterocycles. The van der Waals surface area contributed by atoms with E-state index in [0.717, 1.165) is 5.56 Å². The van der Waals surface area contributed by atoms with Crippen molar-refractivity contribution in [2.24, 2.45) is 0 Å². The Bertz CT molecular complexity index is 424. The predicted molar refractivity (Wildman–Crippen MR) is 108 cm³/mol. The lowest BCUT2D eigenvalue weighted by Crippen LogP contribution is -2.17. The van der Waals surface area contributed by atoms with Gasteiger partial charge in [0.25, 0.3) is 0 Å². The molecule has 0 radical (unpaired) electrons. The lowest BCUT2D eigenvalue weighted by atomic mass is 10.2. The third-order valence-electron chi connectivity index (χ3n) is 3.67. The van der Waals surface area contributed by atoms with Crippen LogP contribution in [0.2, 0.25) is 0 Å². The molecule has 0 spiro atoms. The number of rotatable bonds is 21. The molecule has 168 valence electrons. The number of ether oxygens (including phenoxy) is 8. The van der Waals surface area contributed by atoms with Gasteiger partial charge in [-0.3, -0.25) is 0 Å². The van der Waals surface area contributed by atoms with E-state index >= 15 is 0 Å². The monoisotopic (exact) mass is 416 g/mol. The van der Waals surface area contributed by atoms with E-state index in [4.69, 9.17) is 37.9 Å². The van der Waals surface area contributed by atoms with Crippen LogP contribution in [0.1, 0.15) is 11.9 Å². The first-order chi connectivity index (χ1) is 14.4. The van der Waals surface area contributed by atoms with Crippen LogP contribution in [0.15, 0.2) is 30.3 Å². The summed E-state index contributed by atoms with van der Waals surface area (Å²) in [7, 11) is 3.29. The third-order valence-corrected chi connectivity index (χ3v) is 3.67. The lowest BCUT2D eigenvalue weighted by Gasteiger charge is -2.19. The molecule has 8 heteroatoms. The van der Waals surface area contributed by atoms with E-state index in [0.29, 0.717) is 79.3 Å². The molecule has 0 aliphatic carbocycles. The molecule has 0 aromatic heterocycles. The zero-order chi connectivity index (χ0) is 20.8. The van der Waals surface area contributed by atoms with E-state index in [-0.39, 0.29) is 0 Å². The molecule has 0 aliphatic rings. The molecule has 0 atom stereocenters. The van der Waals surface area contributed by atoms with Gasteiger partial charge in [-0.05, 0) is 0 Å². The standard InChI is InChI=1S/C21H36O8/c1-22-8-10-24-12-14-26-16-18-28-21(20-6-4-3-5-7-20)29-19-17-27-15-13-25-11-9-23-2/h3-7,21H,8-19H2,1-2H3. The van der Waals surface area contributed by atoms with Crippen LogP contribution in [0, 0.1) is 0 Å². The highest BCUT2D eigenvalue weighted by Crippen LogP contribution is 2.18. The van der Waals surface area contributed by atoms with Crippen molar-refractivity contribution in [2.45, 2.75) is 6.29 Å². The van der Waals surface area contributed by atoms with Gasteiger partial charge in [0.05, 0.1) is 79.3 Å². The molecule has 0 saturated heterocycles. The minimum Gasteiger partial charge on any atom is -0.382 e. The molecule has 29 heavy (non-hydrogen) atoms. The Labute approximate surface area is 174 Å².